The fourth-order valence-corrected chi connectivity index (χ4v) is 5.32. The van der Waals surface area contributed by atoms with Crippen LogP contribution in [0, 0.1) is 5.82 Å². The van der Waals surface area contributed by atoms with Crippen molar-refractivity contribution >= 4 is 23.4 Å². The van der Waals surface area contributed by atoms with Crippen LogP contribution in [0.2, 0.25) is 5.02 Å². The Morgan fingerprint density at radius 2 is 1.72 bits per heavy atom. The summed E-state index contributed by atoms with van der Waals surface area (Å²) in [7, 11) is 0. The van der Waals surface area contributed by atoms with E-state index in [9.17, 15) is 14.0 Å². The average molecular weight is 457 g/mol. The Hall–Kier alpha value is -2.40. The highest BCUT2D eigenvalue weighted by molar-refractivity contribution is 6.31. The molecular weight excluding hydrogens is 427 g/mol. The van der Waals surface area contributed by atoms with Gasteiger partial charge in [0, 0.05) is 24.0 Å². The number of amides is 2. The molecule has 0 bridgehead atoms. The van der Waals surface area contributed by atoms with Crippen LogP contribution >= 0.6 is 11.6 Å². The summed E-state index contributed by atoms with van der Waals surface area (Å²) in [6, 6.07) is 13.5. The van der Waals surface area contributed by atoms with Crippen LogP contribution in [0.25, 0.3) is 0 Å². The minimum atomic E-state index is -1.19. The molecule has 1 heterocycles. The first-order valence-corrected chi connectivity index (χ1v) is 12.0. The molecule has 170 valence electrons. The van der Waals surface area contributed by atoms with Crippen LogP contribution in [0.5, 0.6) is 0 Å². The lowest BCUT2D eigenvalue weighted by atomic mass is 9.78. The highest BCUT2D eigenvalue weighted by Gasteiger charge is 2.50. The van der Waals surface area contributed by atoms with Crippen molar-refractivity contribution in [3.8, 4) is 0 Å². The van der Waals surface area contributed by atoms with E-state index < -0.39 is 5.54 Å². The van der Waals surface area contributed by atoms with Gasteiger partial charge in [-0.2, -0.15) is 0 Å². The lowest BCUT2D eigenvalue weighted by molar-refractivity contribution is -0.155. The standard InChI is InChI=1S/C26H30ClFN2O2/c27-23-11-6-5-8-19(23)18-30-24(31)12-7-17-26(30,20-13-15-21(28)16-14-20)25(32)29-22-9-3-1-2-4-10-22/h5-6,8,11,13-16,22H,1-4,7,9-10,12,17-18H2,(H,29,32). The molecule has 4 rings (SSSR count). The van der Waals surface area contributed by atoms with Crippen LogP contribution in [-0.4, -0.2) is 22.8 Å². The summed E-state index contributed by atoms with van der Waals surface area (Å²) in [4.78, 5) is 28.9. The molecule has 1 saturated carbocycles. The number of carbonyl (C=O) groups is 2. The van der Waals surface area contributed by atoms with Crippen molar-refractivity contribution in [2.24, 2.45) is 0 Å². The maximum atomic E-state index is 14.0. The number of nitrogens with one attached hydrogen (secondary N) is 1. The largest absolute Gasteiger partial charge is 0.351 e. The smallest absolute Gasteiger partial charge is 0.250 e. The van der Waals surface area contributed by atoms with Crippen molar-refractivity contribution in [2.45, 2.75) is 75.9 Å². The number of halogens is 2. The molecule has 4 nitrogen and oxygen atoms in total. The van der Waals surface area contributed by atoms with Crippen molar-refractivity contribution in [2.75, 3.05) is 0 Å². The molecule has 0 aromatic heterocycles. The Morgan fingerprint density at radius 3 is 2.41 bits per heavy atom. The Labute approximate surface area is 194 Å². The minimum Gasteiger partial charge on any atom is -0.351 e. The minimum absolute atomic E-state index is 0.0866. The van der Waals surface area contributed by atoms with Crippen LogP contribution in [0.1, 0.15) is 68.9 Å². The van der Waals surface area contributed by atoms with Gasteiger partial charge in [0.05, 0.1) is 0 Å². The maximum Gasteiger partial charge on any atom is 0.250 e. The maximum absolute atomic E-state index is 14.0. The predicted octanol–water partition coefficient (Wildman–Crippen LogP) is 5.73. The zero-order chi connectivity index (χ0) is 22.6. The highest BCUT2D eigenvalue weighted by Crippen LogP contribution is 2.41. The lowest BCUT2D eigenvalue weighted by Gasteiger charge is -2.47. The number of carbonyl (C=O) groups excluding carboxylic acids is 2. The van der Waals surface area contributed by atoms with E-state index in [1.54, 1.807) is 23.1 Å². The molecule has 1 aliphatic carbocycles. The van der Waals surface area contributed by atoms with Crippen LogP contribution in [0.3, 0.4) is 0 Å². The summed E-state index contributed by atoms with van der Waals surface area (Å²) >= 11 is 6.42. The SMILES string of the molecule is O=C1CCCC(C(=O)NC2CCCCCC2)(c2ccc(F)cc2)N1Cc1ccccc1Cl. The van der Waals surface area contributed by atoms with Crippen LogP contribution in [0.15, 0.2) is 48.5 Å². The monoisotopic (exact) mass is 456 g/mol. The van der Waals surface area contributed by atoms with Gasteiger partial charge in [0.15, 0.2) is 0 Å². The van der Waals surface area contributed by atoms with Gasteiger partial charge in [-0.1, -0.05) is 67.6 Å². The molecule has 2 aromatic rings. The molecule has 1 N–H and O–H groups in total. The Morgan fingerprint density at radius 1 is 1.03 bits per heavy atom. The Balaban J connectivity index is 1.75. The lowest BCUT2D eigenvalue weighted by Crippen LogP contribution is -2.61. The third-order valence-corrected chi connectivity index (χ3v) is 7.23. The fraction of sp³-hybridized carbons (Fsp3) is 0.462. The van der Waals surface area contributed by atoms with Gasteiger partial charge in [0.25, 0.3) is 5.91 Å². The van der Waals surface area contributed by atoms with Crippen LogP contribution < -0.4 is 5.32 Å². The molecule has 32 heavy (non-hydrogen) atoms. The topological polar surface area (TPSA) is 49.4 Å². The number of hydrogen-bond donors (Lipinski definition) is 1. The molecule has 6 heteroatoms. The Kier molecular flexibility index (Phi) is 7.14. The van der Waals surface area contributed by atoms with Crippen molar-refractivity contribution in [1.82, 2.24) is 10.2 Å². The zero-order valence-electron chi connectivity index (χ0n) is 18.3. The second-order valence-electron chi connectivity index (χ2n) is 8.95. The molecular formula is C26H30ClFN2O2. The van der Waals surface area contributed by atoms with E-state index >= 15 is 0 Å². The normalized spacial score (nSPS) is 22.4. The van der Waals surface area contributed by atoms with E-state index in [2.05, 4.69) is 5.32 Å². The van der Waals surface area contributed by atoms with Gasteiger partial charge in [-0.25, -0.2) is 4.39 Å². The molecule has 0 spiro atoms. The summed E-state index contributed by atoms with van der Waals surface area (Å²) in [6.45, 7) is 0.230. The molecule has 2 aromatic carbocycles. The quantitative estimate of drug-likeness (QED) is 0.584. The first-order chi connectivity index (χ1) is 15.5. The summed E-state index contributed by atoms with van der Waals surface area (Å²) in [6.07, 6.45) is 7.94. The highest BCUT2D eigenvalue weighted by atomic mass is 35.5. The van der Waals surface area contributed by atoms with Crippen molar-refractivity contribution in [3.63, 3.8) is 0 Å². The average Bonchev–Trinajstić information content (AvgIpc) is 3.06. The summed E-state index contributed by atoms with van der Waals surface area (Å²) < 4.78 is 13.8. The third kappa shape index (κ3) is 4.68. The van der Waals surface area contributed by atoms with Crippen molar-refractivity contribution < 1.29 is 14.0 Å². The molecule has 1 saturated heterocycles. The number of rotatable bonds is 5. The van der Waals surface area contributed by atoms with E-state index in [0.717, 1.165) is 31.2 Å². The Bertz CT molecular complexity index is 957. The van der Waals surface area contributed by atoms with E-state index in [0.29, 0.717) is 29.8 Å². The molecule has 1 atom stereocenters. The van der Waals surface area contributed by atoms with E-state index in [1.807, 2.05) is 18.2 Å². The summed E-state index contributed by atoms with van der Waals surface area (Å²) in [5.41, 5.74) is 0.248. The number of piperidine rings is 1. The van der Waals surface area contributed by atoms with Crippen molar-refractivity contribution in [3.05, 3.63) is 70.5 Å². The summed E-state index contributed by atoms with van der Waals surface area (Å²) in [5, 5.41) is 3.83. The van der Waals surface area contributed by atoms with Gasteiger partial charge in [-0.05, 0) is 55.0 Å². The first kappa shape index (κ1) is 22.8. The van der Waals surface area contributed by atoms with E-state index in [4.69, 9.17) is 11.6 Å². The molecule has 2 amide bonds. The van der Waals surface area contributed by atoms with Gasteiger partial charge in [0.1, 0.15) is 11.4 Å². The first-order valence-electron chi connectivity index (χ1n) is 11.6. The second-order valence-corrected chi connectivity index (χ2v) is 9.36. The van der Waals surface area contributed by atoms with Gasteiger partial charge >= 0.3 is 0 Å². The van der Waals surface area contributed by atoms with Crippen LogP contribution in [0.4, 0.5) is 4.39 Å². The molecule has 1 aliphatic heterocycles. The number of likely N-dealkylation sites (tertiary alicyclic amines) is 1. The van der Waals surface area contributed by atoms with Crippen LogP contribution in [-0.2, 0) is 21.7 Å². The third-order valence-electron chi connectivity index (χ3n) is 6.87. The zero-order valence-corrected chi connectivity index (χ0v) is 19.0. The number of nitrogens with zero attached hydrogens (tertiary/aromatic N) is 1. The second kappa shape index (κ2) is 10.0. The van der Waals surface area contributed by atoms with Crippen molar-refractivity contribution in [1.29, 1.82) is 0 Å². The molecule has 2 fully saturated rings. The van der Waals surface area contributed by atoms with E-state index in [1.165, 1.54) is 25.0 Å². The van der Waals surface area contributed by atoms with Gasteiger partial charge < -0.3 is 10.2 Å². The number of benzene rings is 2. The summed E-state index contributed by atoms with van der Waals surface area (Å²) in [5.74, 6) is -0.625. The van der Waals surface area contributed by atoms with Gasteiger partial charge in [0.2, 0.25) is 5.91 Å². The molecule has 1 unspecified atom stereocenters. The predicted molar refractivity (Wildman–Crippen MR) is 124 cm³/mol. The fourth-order valence-electron chi connectivity index (χ4n) is 5.12. The van der Waals surface area contributed by atoms with E-state index in [-0.39, 0.29) is 30.2 Å². The van der Waals surface area contributed by atoms with Gasteiger partial charge in [-0.15, -0.1) is 0 Å². The van der Waals surface area contributed by atoms with Gasteiger partial charge in [-0.3, -0.25) is 9.59 Å². The number of hydrogen-bond acceptors (Lipinski definition) is 2. The molecule has 0 radical (unpaired) electrons. The molecule has 2 aliphatic rings.